The summed E-state index contributed by atoms with van der Waals surface area (Å²) in [6, 6.07) is 7.84. The summed E-state index contributed by atoms with van der Waals surface area (Å²) in [5.41, 5.74) is 8.14. The highest BCUT2D eigenvalue weighted by molar-refractivity contribution is 5.30. The molecule has 14 heavy (non-hydrogen) atoms. The van der Waals surface area contributed by atoms with Crippen molar-refractivity contribution in [1.29, 1.82) is 0 Å². The van der Waals surface area contributed by atoms with Crippen molar-refractivity contribution in [3.8, 4) is 0 Å². The van der Waals surface area contributed by atoms with Crippen LogP contribution in [0.15, 0.2) is 24.3 Å². The number of hydrogen-bond acceptors (Lipinski definition) is 2. The largest absolute Gasteiger partial charge is 0.394 e. The number of aliphatic hydroxyl groups excluding tert-OH is 1. The zero-order valence-corrected chi connectivity index (χ0v) is 9.12. The number of benzene rings is 1. The maximum atomic E-state index is 8.96. The van der Waals surface area contributed by atoms with Crippen molar-refractivity contribution in [3.63, 3.8) is 0 Å². The van der Waals surface area contributed by atoms with E-state index in [0.29, 0.717) is 0 Å². The van der Waals surface area contributed by atoms with Crippen LogP contribution in [0.3, 0.4) is 0 Å². The molecule has 1 aromatic carbocycles. The van der Waals surface area contributed by atoms with E-state index in [0.717, 1.165) is 5.56 Å². The molecule has 1 atom stereocenters. The van der Waals surface area contributed by atoms with Gasteiger partial charge in [0.15, 0.2) is 0 Å². The van der Waals surface area contributed by atoms with Crippen molar-refractivity contribution in [2.24, 2.45) is 5.73 Å². The average Bonchev–Trinajstić information content (AvgIpc) is 2.15. The minimum Gasteiger partial charge on any atom is -0.394 e. The van der Waals surface area contributed by atoms with E-state index in [9.17, 15) is 0 Å². The predicted octanol–water partition coefficient (Wildman–Crippen LogP) is 1.98. The van der Waals surface area contributed by atoms with Crippen molar-refractivity contribution < 1.29 is 5.11 Å². The SMILES string of the molecule is CC(C)(C)c1cccc([C@H](N)CO)c1. The second-order valence-electron chi connectivity index (χ2n) is 4.66. The van der Waals surface area contributed by atoms with Gasteiger partial charge in [-0.3, -0.25) is 0 Å². The molecule has 0 spiro atoms. The van der Waals surface area contributed by atoms with E-state index in [1.165, 1.54) is 5.56 Å². The fourth-order valence-corrected chi connectivity index (χ4v) is 1.34. The van der Waals surface area contributed by atoms with Gasteiger partial charge in [-0.05, 0) is 16.5 Å². The summed E-state index contributed by atoms with van der Waals surface area (Å²) in [7, 11) is 0. The Labute approximate surface area is 85.8 Å². The van der Waals surface area contributed by atoms with Crippen LogP contribution in [0.2, 0.25) is 0 Å². The van der Waals surface area contributed by atoms with Crippen molar-refractivity contribution in [1.82, 2.24) is 0 Å². The quantitative estimate of drug-likeness (QED) is 0.754. The molecule has 0 aliphatic heterocycles. The number of aliphatic hydroxyl groups is 1. The first kappa shape index (κ1) is 11.2. The van der Waals surface area contributed by atoms with Crippen molar-refractivity contribution >= 4 is 0 Å². The predicted molar refractivity (Wildman–Crippen MR) is 59.2 cm³/mol. The molecule has 1 aromatic rings. The van der Waals surface area contributed by atoms with Gasteiger partial charge in [0, 0.05) is 0 Å². The lowest BCUT2D eigenvalue weighted by Crippen LogP contribution is -2.17. The lowest BCUT2D eigenvalue weighted by molar-refractivity contribution is 0.268. The van der Waals surface area contributed by atoms with Gasteiger partial charge in [0.25, 0.3) is 0 Å². The van der Waals surface area contributed by atoms with Crippen LogP contribution < -0.4 is 5.73 Å². The van der Waals surface area contributed by atoms with Crippen LogP contribution in [0.4, 0.5) is 0 Å². The molecule has 2 nitrogen and oxygen atoms in total. The molecule has 0 bridgehead atoms. The topological polar surface area (TPSA) is 46.2 Å². The van der Waals surface area contributed by atoms with Gasteiger partial charge in [-0.1, -0.05) is 45.0 Å². The van der Waals surface area contributed by atoms with E-state index in [2.05, 4.69) is 32.9 Å². The fraction of sp³-hybridized carbons (Fsp3) is 0.500. The maximum absolute atomic E-state index is 8.96. The van der Waals surface area contributed by atoms with E-state index in [1.54, 1.807) is 0 Å². The van der Waals surface area contributed by atoms with Gasteiger partial charge < -0.3 is 10.8 Å². The number of hydrogen-bond donors (Lipinski definition) is 2. The molecule has 3 N–H and O–H groups in total. The molecule has 0 unspecified atom stereocenters. The molecule has 0 radical (unpaired) electrons. The molecule has 0 saturated carbocycles. The van der Waals surface area contributed by atoms with Gasteiger partial charge in [0.1, 0.15) is 0 Å². The van der Waals surface area contributed by atoms with Gasteiger partial charge in [-0.2, -0.15) is 0 Å². The molecular formula is C12H19NO. The van der Waals surface area contributed by atoms with Gasteiger partial charge in [-0.25, -0.2) is 0 Å². The monoisotopic (exact) mass is 193 g/mol. The first-order valence-corrected chi connectivity index (χ1v) is 4.92. The minimum atomic E-state index is -0.266. The second-order valence-corrected chi connectivity index (χ2v) is 4.66. The Morgan fingerprint density at radius 3 is 2.50 bits per heavy atom. The van der Waals surface area contributed by atoms with Crippen molar-refractivity contribution in [2.75, 3.05) is 6.61 Å². The van der Waals surface area contributed by atoms with Gasteiger partial charge >= 0.3 is 0 Å². The molecule has 78 valence electrons. The van der Waals surface area contributed by atoms with Crippen LogP contribution in [0.25, 0.3) is 0 Å². The molecule has 0 fully saturated rings. The fourth-order valence-electron chi connectivity index (χ4n) is 1.34. The highest BCUT2D eigenvalue weighted by atomic mass is 16.3. The Hall–Kier alpha value is -0.860. The molecule has 0 heterocycles. The van der Waals surface area contributed by atoms with Gasteiger partial charge in [0.2, 0.25) is 0 Å². The minimum absolute atomic E-state index is 0.00635. The van der Waals surface area contributed by atoms with Crippen LogP contribution >= 0.6 is 0 Å². The summed E-state index contributed by atoms with van der Waals surface area (Å²) in [5.74, 6) is 0. The Morgan fingerprint density at radius 2 is 2.00 bits per heavy atom. The summed E-state index contributed by atoms with van der Waals surface area (Å²) in [6.45, 7) is 6.48. The number of rotatable bonds is 2. The molecule has 2 heteroatoms. The summed E-state index contributed by atoms with van der Waals surface area (Å²) >= 11 is 0. The summed E-state index contributed by atoms with van der Waals surface area (Å²) in [6.07, 6.45) is 0. The van der Waals surface area contributed by atoms with Crippen LogP contribution in [-0.2, 0) is 5.41 Å². The Kier molecular flexibility index (Phi) is 3.29. The maximum Gasteiger partial charge on any atom is 0.0624 e. The van der Waals surface area contributed by atoms with Crippen LogP contribution in [0.5, 0.6) is 0 Å². The lowest BCUT2D eigenvalue weighted by atomic mass is 9.85. The molecule has 0 aromatic heterocycles. The first-order valence-electron chi connectivity index (χ1n) is 4.92. The Morgan fingerprint density at radius 1 is 1.36 bits per heavy atom. The van der Waals surface area contributed by atoms with E-state index < -0.39 is 0 Å². The molecule has 0 saturated heterocycles. The molecule has 0 aliphatic carbocycles. The van der Waals surface area contributed by atoms with E-state index in [1.807, 2.05) is 12.1 Å². The highest BCUT2D eigenvalue weighted by Crippen LogP contribution is 2.24. The zero-order chi connectivity index (χ0) is 10.8. The lowest BCUT2D eigenvalue weighted by Gasteiger charge is -2.20. The average molecular weight is 193 g/mol. The van der Waals surface area contributed by atoms with E-state index >= 15 is 0 Å². The second kappa shape index (κ2) is 4.11. The van der Waals surface area contributed by atoms with Gasteiger partial charge in [-0.15, -0.1) is 0 Å². The standard InChI is InChI=1S/C12H19NO/c1-12(2,3)10-6-4-5-9(7-10)11(13)8-14/h4-7,11,14H,8,13H2,1-3H3/t11-/m1/s1. The third-order valence-corrected chi connectivity index (χ3v) is 2.38. The summed E-state index contributed by atoms with van der Waals surface area (Å²) < 4.78 is 0. The Bertz CT molecular complexity index is 301. The van der Waals surface area contributed by atoms with Crippen LogP contribution in [0, 0.1) is 0 Å². The third-order valence-electron chi connectivity index (χ3n) is 2.38. The Balaban J connectivity index is 3.01. The molecule has 1 rings (SSSR count). The van der Waals surface area contributed by atoms with Crippen LogP contribution in [-0.4, -0.2) is 11.7 Å². The van der Waals surface area contributed by atoms with Gasteiger partial charge in [0.05, 0.1) is 12.6 Å². The van der Waals surface area contributed by atoms with Crippen molar-refractivity contribution in [2.45, 2.75) is 32.2 Å². The normalized spacial score (nSPS) is 14.1. The number of nitrogens with two attached hydrogens (primary N) is 1. The third kappa shape index (κ3) is 2.56. The van der Waals surface area contributed by atoms with E-state index in [4.69, 9.17) is 10.8 Å². The highest BCUT2D eigenvalue weighted by Gasteiger charge is 2.14. The van der Waals surface area contributed by atoms with Crippen LogP contribution in [0.1, 0.15) is 37.9 Å². The molecule has 0 aliphatic rings. The summed E-state index contributed by atoms with van der Waals surface area (Å²) in [5, 5.41) is 8.96. The molecule has 0 amide bonds. The van der Waals surface area contributed by atoms with Crippen molar-refractivity contribution in [3.05, 3.63) is 35.4 Å². The summed E-state index contributed by atoms with van der Waals surface area (Å²) in [4.78, 5) is 0. The van der Waals surface area contributed by atoms with E-state index in [-0.39, 0.29) is 18.1 Å². The first-order chi connectivity index (χ1) is 6.45. The molecular weight excluding hydrogens is 174 g/mol. The zero-order valence-electron chi connectivity index (χ0n) is 9.12. The smallest absolute Gasteiger partial charge is 0.0624 e.